The summed E-state index contributed by atoms with van der Waals surface area (Å²) in [6.45, 7) is 0. The third-order valence-corrected chi connectivity index (χ3v) is 9.48. The van der Waals surface area contributed by atoms with Crippen LogP contribution in [0, 0.1) is 46.8 Å². The third kappa shape index (κ3) is 2.38. The lowest BCUT2D eigenvalue weighted by molar-refractivity contribution is -0.149. The summed E-state index contributed by atoms with van der Waals surface area (Å²) in [7, 11) is 0. The average molecular weight is 342 g/mol. The van der Waals surface area contributed by atoms with E-state index >= 15 is 0 Å². The summed E-state index contributed by atoms with van der Waals surface area (Å²) in [5.74, 6) is 6.08. The van der Waals surface area contributed by atoms with Gasteiger partial charge in [0, 0.05) is 0 Å². The first-order chi connectivity index (χ1) is 12.2. The second kappa shape index (κ2) is 6.13. The maximum absolute atomic E-state index is 12.5. The Hall–Kier alpha value is -0.790. The topological polar surface area (TPSA) is 43.1 Å². The van der Waals surface area contributed by atoms with E-state index in [-0.39, 0.29) is 11.3 Å². The number of amides is 1. The van der Waals surface area contributed by atoms with Crippen molar-refractivity contribution in [3.8, 4) is 0 Å². The highest BCUT2D eigenvalue weighted by molar-refractivity contribution is 5.81. The molecule has 0 radical (unpaired) electrons. The van der Waals surface area contributed by atoms with Gasteiger partial charge in [-0.05, 0) is 106 Å². The van der Waals surface area contributed by atoms with Crippen molar-refractivity contribution >= 4 is 5.91 Å². The van der Waals surface area contributed by atoms with Crippen molar-refractivity contribution < 1.29 is 4.79 Å². The smallest absolute Gasteiger partial charge is 0.223 e. The number of carbonyl (C=O) groups is 1. The molecule has 0 aromatic heterocycles. The van der Waals surface area contributed by atoms with Gasteiger partial charge in [0.1, 0.15) is 0 Å². The SMILES string of the molecule is NC(=O)C12CCCCC1C1CCC3C4C=CCCC4CCC3C1CC2. The lowest BCUT2D eigenvalue weighted by atomic mass is 9.45. The van der Waals surface area contributed by atoms with E-state index in [4.69, 9.17) is 5.73 Å². The van der Waals surface area contributed by atoms with Crippen molar-refractivity contribution in [2.45, 2.75) is 77.0 Å². The molecule has 1 amide bonds. The highest BCUT2D eigenvalue weighted by Crippen LogP contribution is 2.63. The molecule has 0 aliphatic heterocycles. The second-order valence-electron chi connectivity index (χ2n) is 10.1. The summed E-state index contributed by atoms with van der Waals surface area (Å²) in [5, 5.41) is 0. The summed E-state index contributed by atoms with van der Waals surface area (Å²) in [5.41, 5.74) is 5.87. The van der Waals surface area contributed by atoms with Gasteiger partial charge >= 0.3 is 0 Å². The van der Waals surface area contributed by atoms with E-state index in [9.17, 15) is 4.79 Å². The van der Waals surface area contributed by atoms with Gasteiger partial charge < -0.3 is 5.73 Å². The predicted molar refractivity (Wildman–Crippen MR) is 101 cm³/mol. The molecule has 0 saturated heterocycles. The number of allylic oxidation sites excluding steroid dienone is 2. The van der Waals surface area contributed by atoms with Gasteiger partial charge in [0.15, 0.2) is 0 Å². The Balaban J connectivity index is 1.42. The molecular formula is C23H35NO. The molecule has 2 heteroatoms. The molecule has 2 nitrogen and oxygen atoms in total. The van der Waals surface area contributed by atoms with E-state index in [1.54, 1.807) is 0 Å². The van der Waals surface area contributed by atoms with E-state index < -0.39 is 0 Å². The van der Waals surface area contributed by atoms with Crippen LogP contribution >= 0.6 is 0 Å². The van der Waals surface area contributed by atoms with Crippen molar-refractivity contribution in [3.05, 3.63) is 12.2 Å². The van der Waals surface area contributed by atoms with Crippen LogP contribution in [0.15, 0.2) is 12.2 Å². The minimum absolute atomic E-state index is 0.0386. The van der Waals surface area contributed by atoms with Crippen molar-refractivity contribution in [1.82, 2.24) is 0 Å². The van der Waals surface area contributed by atoms with Crippen LogP contribution in [0.1, 0.15) is 77.0 Å². The summed E-state index contributed by atoms with van der Waals surface area (Å²) >= 11 is 0. The molecule has 0 spiro atoms. The van der Waals surface area contributed by atoms with Gasteiger partial charge in [-0.1, -0.05) is 25.0 Å². The predicted octanol–water partition coefficient (Wildman–Crippen LogP) is 5.08. The fourth-order valence-electron chi connectivity index (χ4n) is 8.48. The van der Waals surface area contributed by atoms with Crippen molar-refractivity contribution in [1.29, 1.82) is 0 Å². The first kappa shape index (κ1) is 16.4. The standard InChI is InChI=1S/C23H35NO/c24-22(25)23-13-4-3-7-21(23)20-11-10-17-16-6-2-1-5-15(16)8-9-18(17)19(20)12-14-23/h2,6,15-21H,1,3-5,7-14H2,(H2,24,25). The van der Waals surface area contributed by atoms with Crippen LogP contribution in [-0.2, 0) is 4.79 Å². The zero-order chi connectivity index (χ0) is 17.0. The van der Waals surface area contributed by atoms with Gasteiger partial charge in [0.25, 0.3) is 0 Å². The number of hydrogen-bond acceptors (Lipinski definition) is 1. The van der Waals surface area contributed by atoms with E-state index in [1.807, 2.05) is 0 Å². The zero-order valence-corrected chi connectivity index (χ0v) is 15.7. The summed E-state index contributed by atoms with van der Waals surface area (Å²) in [4.78, 5) is 12.5. The molecule has 0 aromatic carbocycles. The van der Waals surface area contributed by atoms with E-state index in [2.05, 4.69) is 12.2 Å². The van der Waals surface area contributed by atoms with Crippen LogP contribution in [0.3, 0.4) is 0 Å². The molecular weight excluding hydrogens is 306 g/mol. The zero-order valence-electron chi connectivity index (χ0n) is 15.7. The lowest BCUT2D eigenvalue weighted by Crippen LogP contribution is -2.56. The Labute approximate surface area is 153 Å². The maximum atomic E-state index is 12.5. The Morgan fingerprint density at radius 1 is 0.840 bits per heavy atom. The second-order valence-corrected chi connectivity index (χ2v) is 10.1. The van der Waals surface area contributed by atoms with Crippen LogP contribution in [-0.4, -0.2) is 5.91 Å². The van der Waals surface area contributed by atoms with E-state index in [0.717, 1.165) is 48.3 Å². The Bertz CT molecular complexity index is 568. The molecule has 0 aromatic rings. The highest BCUT2D eigenvalue weighted by atomic mass is 16.1. The largest absolute Gasteiger partial charge is 0.369 e. The fraction of sp³-hybridized carbons (Fsp3) is 0.870. The van der Waals surface area contributed by atoms with Crippen LogP contribution in [0.25, 0.3) is 0 Å². The van der Waals surface area contributed by atoms with E-state index in [0.29, 0.717) is 5.92 Å². The average Bonchev–Trinajstić information content (AvgIpc) is 2.66. The van der Waals surface area contributed by atoms with Crippen molar-refractivity contribution in [3.63, 3.8) is 0 Å². The van der Waals surface area contributed by atoms with Crippen LogP contribution in [0.4, 0.5) is 0 Å². The van der Waals surface area contributed by atoms with Crippen LogP contribution in [0.2, 0.25) is 0 Å². The van der Waals surface area contributed by atoms with Gasteiger partial charge in [-0.2, -0.15) is 0 Å². The number of nitrogens with two attached hydrogens (primary N) is 1. The molecule has 4 fully saturated rings. The molecule has 25 heavy (non-hydrogen) atoms. The molecule has 5 aliphatic carbocycles. The number of primary amides is 1. The molecule has 5 aliphatic rings. The molecule has 0 heterocycles. The van der Waals surface area contributed by atoms with Gasteiger partial charge in [-0.15, -0.1) is 0 Å². The maximum Gasteiger partial charge on any atom is 0.223 e. The Kier molecular flexibility index (Phi) is 4.02. The van der Waals surface area contributed by atoms with Crippen molar-refractivity contribution in [2.24, 2.45) is 52.6 Å². The van der Waals surface area contributed by atoms with Crippen LogP contribution in [0.5, 0.6) is 0 Å². The van der Waals surface area contributed by atoms with Gasteiger partial charge in [-0.25, -0.2) is 0 Å². The van der Waals surface area contributed by atoms with Gasteiger partial charge in [0.2, 0.25) is 5.91 Å². The molecule has 8 atom stereocenters. The summed E-state index contributed by atoms with van der Waals surface area (Å²) in [6.07, 6.45) is 20.8. The summed E-state index contributed by atoms with van der Waals surface area (Å²) < 4.78 is 0. The molecule has 4 saturated carbocycles. The number of carbonyl (C=O) groups excluding carboxylic acids is 1. The van der Waals surface area contributed by atoms with Crippen molar-refractivity contribution in [2.75, 3.05) is 0 Å². The first-order valence-electron chi connectivity index (χ1n) is 11.2. The molecule has 8 unspecified atom stereocenters. The number of rotatable bonds is 1. The summed E-state index contributed by atoms with van der Waals surface area (Å²) in [6, 6.07) is 0. The molecule has 138 valence electrons. The Morgan fingerprint density at radius 2 is 1.64 bits per heavy atom. The third-order valence-electron chi connectivity index (χ3n) is 9.48. The molecule has 5 rings (SSSR count). The number of hydrogen-bond donors (Lipinski definition) is 1. The van der Waals surface area contributed by atoms with Gasteiger partial charge in [0.05, 0.1) is 5.41 Å². The quantitative estimate of drug-likeness (QED) is 0.664. The molecule has 0 bridgehead atoms. The lowest BCUT2D eigenvalue weighted by Gasteiger charge is -2.59. The monoisotopic (exact) mass is 341 g/mol. The highest BCUT2D eigenvalue weighted by Gasteiger charge is 2.57. The normalized spacial score (nSPS) is 51.6. The fourth-order valence-corrected chi connectivity index (χ4v) is 8.48. The minimum Gasteiger partial charge on any atom is -0.369 e. The molecule has 2 N–H and O–H groups in total. The Morgan fingerprint density at radius 3 is 2.52 bits per heavy atom. The number of fused-ring (bicyclic) bond motifs is 7. The first-order valence-corrected chi connectivity index (χ1v) is 11.2. The van der Waals surface area contributed by atoms with Gasteiger partial charge in [-0.3, -0.25) is 4.79 Å². The van der Waals surface area contributed by atoms with E-state index in [1.165, 1.54) is 64.2 Å². The minimum atomic E-state index is -0.131. The van der Waals surface area contributed by atoms with Crippen LogP contribution < -0.4 is 5.73 Å².